The number of nitrogens with zero attached hydrogens (tertiary/aromatic N) is 3. The molecule has 1 saturated heterocycles. The molecule has 0 spiro atoms. The van der Waals surface area contributed by atoms with Gasteiger partial charge in [0.2, 0.25) is 0 Å². The van der Waals surface area contributed by atoms with Crippen molar-refractivity contribution in [3.63, 3.8) is 0 Å². The second-order valence-electron chi connectivity index (χ2n) is 8.08. The summed E-state index contributed by atoms with van der Waals surface area (Å²) in [6.07, 6.45) is 3.44. The van der Waals surface area contributed by atoms with Crippen molar-refractivity contribution in [2.75, 3.05) is 13.1 Å². The topological polar surface area (TPSA) is 59.4 Å². The van der Waals surface area contributed by atoms with Crippen LogP contribution in [0.1, 0.15) is 35.3 Å². The summed E-state index contributed by atoms with van der Waals surface area (Å²) in [7, 11) is 0. The van der Waals surface area contributed by atoms with Crippen LogP contribution in [0.3, 0.4) is 0 Å². The number of nitrogens with one attached hydrogen (secondary N) is 1. The van der Waals surface area contributed by atoms with E-state index in [1.54, 1.807) is 18.2 Å². The van der Waals surface area contributed by atoms with E-state index in [1.807, 2.05) is 12.1 Å². The molecule has 1 aliphatic rings. The van der Waals surface area contributed by atoms with Crippen LogP contribution >= 0.6 is 0 Å². The van der Waals surface area contributed by atoms with Crippen LogP contribution in [0, 0.1) is 5.82 Å². The standard InChI is InChI=1S/C24H27FN4O2/c1-17-13-28(14-18(2)31-17)15-20-7-5-6-19(10-20)11-26-24(30)21-12-27-29(16-21)23-9-4-3-8-22(23)25/h3-10,12,16-18H,11,13-15H2,1-2H3,(H,26,30). The van der Waals surface area contributed by atoms with Gasteiger partial charge in [0.15, 0.2) is 0 Å². The summed E-state index contributed by atoms with van der Waals surface area (Å²) in [5.74, 6) is -0.637. The molecule has 2 atom stereocenters. The number of amides is 1. The number of carbonyl (C=O) groups excluding carboxylic acids is 1. The summed E-state index contributed by atoms with van der Waals surface area (Å²) in [5, 5.41) is 7.03. The van der Waals surface area contributed by atoms with Crippen molar-refractivity contribution in [2.45, 2.75) is 39.1 Å². The Balaban J connectivity index is 1.36. The zero-order valence-electron chi connectivity index (χ0n) is 17.8. The van der Waals surface area contributed by atoms with Gasteiger partial charge < -0.3 is 10.1 Å². The maximum absolute atomic E-state index is 13.9. The molecule has 6 nitrogen and oxygen atoms in total. The van der Waals surface area contributed by atoms with E-state index in [9.17, 15) is 9.18 Å². The zero-order valence-corrected chi connectivity index (χ0v) is 17.8. The Morgan fingerprint density at radius 2 is 1.87 bits per heavy atom. The van der Waals surface area contributed by atoms with Gasteiger partial charge in [-0.05, 0) is 37.1 Å². The van der Waals surface area contributed by atoms with E-state index in [1.165, 1.54) is 28.7 Å². The molecule has 2 aromatic carbocycles. The minimum Gasteiger partial charge on any atom is -0.373 e. The summed E-state index contributed by atoms with van der Waals surface area (Å²) in [6, 6.07) is 14.6. The lowest BCUT2D eigenvalue weighted by Gasteiger charge is -2.35. The smallest absolute Gasteiger partial charge is 0.254 e. The molecule has 1 aliphatic heterocycles. The number of aromatic nitrogens is 2. The van der Waals surface area contributed by atoms with Crippen LogP contribution in [-0.4, -0.2) is 45.9 Å². The van der Waals surface area contributed by atoms with Gasteiger partial charge in [0.1, 0.15) is 11.5 Å². The highest BCUT2D eigenvalue weighted by Crippen LogP contribution is 2.16. The third kappa shape index (κ3) is 5.37. The predicted molar refractivity (Wildman–Crippen MR) is 116 cm³/mol. The molecule has 1 aromatic heterocycles. The molecule has 2 heterocycles. The van der Waals surface area contributed by atoms with Crippen molar-refractivity contribution in [1.29, 1.82) is 0 Å². The molecule has 1 amide bonds. The number of ether oxygens (including phenoxy) is 1. The van der Waals surface area contributed by atoms with E-state index in [0.29, 0.717) is 17.8 Å². The summed E-state index contributed by atoms with van der Waals surface area (Å²) in [6.45, 7) is 7.29. The molecule has 1 fully saturated rings. The third-order valence-corrected chi connectivity index (χ3v) is 5.29. The zero-order chi connectivity index (χ0) is 21.8. The molecule has 162 valence electrons. The summed E-state index contributed by atoms with van der Waals surface area (Å²) >= 11 is 0. The molecule has 4 rings (SSSR count). The lowest BCUT2D eigenvalue weighted by atomic mass is 10.1. The number of benzene rings is 2. The van der Waals surface area contributed by atoms with E-state index in [2.05, 4.69) is 41.3 Å². The first-order valence-corrected chi connectivity index (χ1v) is 10.5. The van der Waals surface area contributed by atoms with E-state index in [4.69, 9.17) is 4.74 Å². The van der Waals surface area contributed by atoms with Gasteiger partial charge in [-0.2, -0.15) is 5.10 Å². The average Bonchev–Trinajstić information content (AvgIpc) is 3.22. The molecule has 2 unspecified atom stereocenters. The first-order valence-electron chi connectivity index (χ1n) is 10.5. The van der Waals surface area contributed by atoms with Gasteiger partial charge in [0, 0.05) is 32.4 Å². The monoisotopic (exact) mass is 422 g/mol. The number of para-hydroxylation sites is 1. The molecule has 7 heteroatoms. The maximum atomic E-state index is 13.9. The molecule has 1 N–H and O–H groups in total. The summed E-state index contributed by atoms with van der Waals surface area (Å²) in [5.41, 5.74) is 2.93. The molecule has 0 saturated carbocycles. The Labute approximate surface area is 181 Å². The van der Waals surface area contributed by atoms with Crippen molar-refractivity contribution in [3.8, 4) is 5.69 Å². The normalized spacial score (nSPS) is 19.3. The van der Waals surface area contributed by atoms with Crippen LogP contribution in [0.15, 0.2) is 60.9 Å². The van der Waals surface area contributed by atoms with Crippen molar-refractivity contribution in [2.24, 2.45) is 0 Å². The van der Waals surface area contributed by atoms with Crippen molar-refractivity contribution in [3.05, 3.63) is 83.4 Å². The summed E-state index contributed by atoms with van der Waals surface area (Å²) in [4.78, 5) is 14.9. The SMILES string of the molecule is CC1CN(Cc2cccc(CNC(=O)c3cnn(-c4ccccc4F)c3)c2)CC(C)O1. The minimum absolute atomic E-state index is 0.233. The first-order chi connectivity index (χ1) is 15.0. The van der Waals surface area contributed by atoms with Gasteiger partial charge in [-0.3, -0.25) is 9.69 Å². The highest BCUT2D eigenvalue weighted by atomic mass is 19.1. The first kappa shape index (κ1) is 21.2. The number of hydrogen-bond donors (Lipinski definition) is 1. The molecular weight excluding hydrogens is 395 g/mol. The van der Waals surface area contributed by atoms with Crippen LogP contribution in [0.5, 0.6) is 0 Å². The quantitative estimate of drug-likeness (QED) is 0.660. The minimum atomic E-state index is -0.390. The van der Waals surface area contributed by atoms with Crippen LogP contribution in [-0.2, 0) is 17.8 Å². The molecule has 31 heavy (non-hydrogen) atoms. The lowest BCUT2D eigenvalue weighted by Crippen LogP contribution is -2.44. The fourth-order valence-electron chi connectivity index (χ4n) is 4.00. The fraction of sp³-hybridized carbons (Fsp3) is 0.333. The Morgan fingerprint density at radius 1 is 1.13 bits per heavy atom. The van der Waals surface area contributed by atoms with E-state index in [-0.39, 0.29) is 18.1 Å². The van der Waals surface area contributed by atoms with Crippen molar-refractivity contribution < 1.29 is 13.9 Å². The van der Waals surface area contributed by atoms with Gasteiger partial charge in [-0.25, -0.2) is 9.07 Å². The second kappa shape index (κ2) is 9.41. The van der Waals surface area contributed by atoms with Gasteiger partial charge in [-0.15, -0.1) is 0 Å². The number of carbonyl (C=O) groups is 1. The van der Waals surface area contributed by atoms with Gasteiger partial charge in [-0.1, -0.05) is 36.4 Å². The molecule has 0 bridgehead atoms. The summed E-state index contributed by atoms with van der Waals surface area (Å²) < 4.78 is 21.1. The Kier molecular flexibility index (Phi) is 6.44. The molecule has 0 aliphatic carbocycles. The van der Waals surface area contributed by atoms with Crippen LogP contribution in [0.2, 0.25) is 0 Å². The van der Waals surface area contributed by atoms with Crippen molar-refractivity contribution in [1.82, 2.24) is 20.0 Å². The number of rotatable bonds is 6. The Hall–Kier alpha value is -3.03. The molecule has 0 radical (unpaired) electrons. The van der Waals surface area contributed by atoms with Crippen LogP contribution in [0.4, 0.5) is 4.39 Å². The van der Waals surface area contributed by atoms with Crippen molar-refractivity contribution >= 4 is 5.91 Å². The molecular formula is C24H27FN4O2. The van der Waals surface area contributed by atoms with E-state index < -0.39 is 5.82 Å². The average molecular weight is 423 g/mol. The van der Waals surface area contributed by atoms with Gasteiger partial charge >= 0.3 is 0 Å². The number of morpholine rings is 1. The van der Waals surface area contributed by atoms with Gasteiger partial charge in [0.25, 0.3) is 5.91 Å². The fourth-order valence-corrected chi connectivity index (χ4v) is 4.00. The Morgan fingerprint density at radius 3 is 2.65 bits per heavy atom. The largest absolute Gasteiger partial charge is 0.373 e. The lowest BCUT2D eigenvalue weighted by molar-refractivity contribution is -0.0704. The number of halogens is 1. The van der Waals surface area contributed by atoms with Gasteiger partial charge in [0.05, 0.1) is 24.0 Å². The second-order valence-corrected chi connectivity index (χ2v) is 8.08. The van der Waals surface area contributed by atoms with Crippen LogP contribution in [0.25, 0.3) is 5.69 Å². The highest BCUT2D eigenvalue weighted by Gasteiger charge is 2.22. The number of hydrogen-bond acceptors (Lipinski definition) is 4. The van der Waals surface area contributed by atoms with Crippen LogP contribution < -0.4 is 5.32 Å². The van der Waals surface area contributed by atoms with E-state index in [0.717, 1.165) is 25.2 Å². The predicted octanol–water partition coefficient (Wildman–Crippen LogP) is 3.55. The molecule has 3 aromatic rings. The highest BCUT2D eigenvalue weighted by molar-refractivity contribution is 5.93. The maximum Gasteiger partial charge on any atom is 0.254 e. The Bertz CT molecular complexity index is 1040. The third-order valence-electron chi connectivity index (χ3n) is 5.29. The van der Waals surface area contributed by atoms with E-state index >= 15 is 0 Å².